The molecule has 0 aromatic carbocycles. The van der Waals surface area contributed by atoms with Crippen molar-refractivity contribution in [3.8, 4) is 0 Å². The summed E-state index contributed by atoms with van der Waals surface area (Å²) < 4.78 is 2.41. The van der Waals surface area contributed by atoms with E-state index < -0.39 is 0 Å². The van der Waals surface area contributed by atoms with Gasteiger partial charge in [-0.05, 0) is 47.1 Å². The molecule has 0 radical (unpaired) electrons. The number of nitrogens with one attached hydrogen (secondary N) is 1. The maximum atomic E-state index is 12.3. The Morgan fingerprint density at radius 2 is 2.10 bits per heavy atom. The molecule has 0 aliphatic carbocycles. The number of halogens is 1. The number of hydrogen-bond donors (Lipinski definition) is 1. The molecule has 21 heavy (non-hydrogen) atoms. The molecule has 3 rings (SSSR count). The lowest BCUT2D eigenvalue weighted by molar-refractivity contribution is 0.102. The van der Waals surface area contributed by atoms with Crippen LogP contribution in [0.1, 0.15) is 16.2 Å². The summed E-state index contributed by atoms with van der Waals surface area (Å²) in [5.74, 6) is 0.156. The van der Waals surface area contributed by atoms with Crippen LogP contribution in [0.15, 0.2) is 35.2 Å². The second-order valence-corrected chi connectivity index (χ2v) is 5.28. The molecule has 0 bridgehead atoms. The Hall–Kier alpha value is -2.28. The van der Waals surface area contributed by atoms with E-state index in [1.807, 2.05) is 32.2 Å². The fourth-order valence-electron chi connectivity index (χ4n) is 1.96. The van der Waals surface area contributed by atoms with Gasteiger partial charge in [0.05, 0.1) is 0 Å². The maximum Gasteiger partial charge on any atom is 0.277 e. The minimum Gasteiger partial charge on any atom is -0.325 e. The van der Waals surface area contributed by atoms with E-state index in [2.05, 4.69) is 36.2 Å². The van der Waals surface area contributed by atoms with Gasteiger partial charge in [-0.1, -0.05) is 0 Å². The number of hydrogen-bond acceptors (Lipinski definition) is 4. The van der Waals surface area contributed by atoms with Gasteiger partial charge in [-0.3, -0.25) is 4.79 Å². The van der Waals surface area contributed by atoms with E-state index >= 15 is 0 Å². The molecule has 1 amide bonds. The maximum absolute atomic E-state index is 12.3. The number of anilines is 1. The lowest BCUT2D eigenvalue weighted by Crippen LogP contribution is -2.15. The van der Waals surface area contributed by atoms with Crippen LogP contribution >= 0.6 is 15.9 Å². The van der Waals surface area contributed by atoms with Gasteiger partial charge < -0.3 is 9.88 Å². The van der Waals surface area contributed by atoms with Crippen LogP contribution in [0.3, 0.4) is 0 Å². The standard InChI is InChI=1S/C14H12BrN5O/c1-8-11(19-14(15)20(8)2)13(21)18-10-6-5-9-4-3-7-16-12(9)17-10/h3-7H,1-2H3,(H,16,17,18,21). The third-order valence-corrected chi connectivity index (χ3v) is 3.96. The zero-order chi connectivity index (χ0) is 15.0. The Labute approximate surface area is 129 Å². The normalized spacial score (nSPS) is 10.8. The van der Waals surface area contributed by atoms with Crippen LogP contribution in [0.4, 0.5) is 5.82 Å². The summed E-state index contributed by atoms with van der Waals surface area (Å²) in [4.78, 5) is 24.9. The van der Waals surface area contributed by atoms with Crippen molar-refractivity contribution in [3.63, 3.8) is 0 Å². The largest absolute Gasteiger partial charge is 0.325 e. The van der Waals surface area contributed by atoms with E-state index in [1.165, 1.54) is 0 Å². The van der Waals surface area contributed by atoms with E-state index in [4.69, 9.17) is 0 Å². The molecule has 0 atom stereocenters. The first kappa shape index (κ1) is 13.7. The number of fused-ring (bicyclic) bond motifs is 1. The molecule has 3 heterocycles. The average Bonchev–Trinajstić information content (AvgIpc) is 2.75. The molecular formula is C14H12BrN5O. The number of amides is 1. The predicted octanol–water partition coefficient (Wildman–Crippen LogP) is 2.69. The van der Waals surface area contributed by atoms with Crippen molar-refractivity contribution in [2.24, 2.45) is 7.05 Å². The Morgan fingerprint density at radius 3 is 2.81 bits per heavy atom. The quantitative estimate of drug-likeness (QED) is 0.774. The van der Waals surface area contributed by atoms with E-state index in [0.717, 1.165) is 11.1 Å². The summed E-state index contributed by atoms with van der Waals surface area (Å²) in [6.07, 6.45) is 1.67. The fraction of sp³-hybridized carbons (Fsp3) is 0.143. The summed E-state index contributed by atoms with van der Waals surface area (Å²) >= 11 is 3.30. The summed E-state index contributed by atoms with van der Waals surface area (Å²) in [7, 11) is 1.83. The van der Waals surface area contributed by atoms with E-state index in [1.54, 1.807) is 16.8 Å². The summed E-state index contributed by atoms with van der Waals surface area (Å²) in [6.45, 7) is 1.84. The zero-order valence-electron chi connectivity index (χ0n) is 11.5. The molecule has 0 saturated carbocycles. The highest BCUT2D eigenvalue weighted by molar-refractivity contribution is 9.10. The number of pyridine rings is 2. The van der Waals surface area contributed by atoms with Gasteiger partial charge in [-0.25, -0.2) is 15.0 Å². The van der Waals surface area contributed by atoms with Crippen molar-refractivity contribution in [3.05, 3.63) is 46.6 Å². The number of rotatable bonds is 2. The van der Waals surface area contributed by atoms with Gasteiger partial charge >= 0.3 is 0 Å². The first-order valence-electron chi connectivity index (χ1n) is 6.28. The first-order valence-corrected chi connectivity index (χ1v) is 7.07. The van der Waals surface area contributed by atoms with E-state index in [9.17, 15) is 4.79 Å². The van der Waals surface area contributed by atoms with Gasteiger partial charge in [0.1, 0.15) is 5.82 Å². The smallest absolute Gasteiger partial charge is 0.277 e. The van der Waals surface area contributed by atoms with Crippen LogP contribution in [0.2, 0.25) is 0 Å². The van der Waals surface area contributed by atoms with Crippen molar-refractivity contribution in [2.75, 3.05) is 5.32 Å². The van der Waals surface area contributed by atoms with Gasteiger partial charge in [0.2, 0.25) is 0 Å². The molecule has 0 aliphatic heterocycles. The van der Waals surface area contributed by atoms with Gasteiger partial charge in [0, 0.05) is 24.3 Å². The van der Waals surface area contributed by atoms with Crippen molar-refractivity contribution < 1.29 is 4.79 Å². The number of imidazole rings is 1. The molecule has 7 heteroatoms. The van der Waals surface area contributed by atoms with Crippen molar-refractivity contribution in [2.45, 2.75) is 6.92 Å². The Balaban J connectivity index is 1.90. The lowest BCUT2D eigenvalue weighted by Gasteiger charge is -2.04. The zero-order valence-corrected chi connectivity index (χ0v) is 13.0. The topological polar surface area (TPSA) is 72.7 Å². The number of nitrogens with zero attached hydrogens (tertiary/aromatic N) is 4. The van der Waals surface area contributed by atoms with Crippen LogP contribution < -0.4 is 5.32 Å². The number of carbonyl (C=O) groups is 1. The van der Waals surface area contributed by atoms with E-state index in [0.29, 0.717) is 21.9 Å². The predicted molar refractivity (Wildman–Crippen MR) is 83.1 cm³/mol. The summed E-state index contributed by atoms with van der Waals surface area (Å²) in [6, 6.07) is 7.37. The molecule has 0 aliphatic rings. The Morgan fingerprint density at radius 1 is 1.29 bits per heavy atom. The Bertz CT molecular complexity index is 842. The lowest BCUT2D eigenvalue weighted by atomic mass is 10.3. The second-order valence-electron chi connectivity index (χ2n) is 4.57. The molecule has 3 aromatic rings. The van der Waals surface area contributed by atoms with Crippen LogP contribution in [-0.4, -0.2) is 25.4 Å². The molecule has 0 fully saturated rings. The van der Waals surface area contributed by atoms with Crippen LogP contribution in [0.25, 0.3) is 11.0 Å². The summed E-state index contributed by atoms with van der Waals surface area (Å²) in [5.41, 5.74) is 1.74. The summed E-state index contributed by atoms with van der Waals surface area (Å²) in [5, 5.41) is 3.67. The molecule has 3 aromatic heterocycles. The van der Waals surface area contributed by atoms with Crippen LogP contribution in [-0.2, 0) is 7.05 Å². The molecular weight excluding hydrogens is 334 g/mol. The SMILES string of the molecule is Cc1c(C(=O)Nc2ccc3cccnc3n2)nc(Br)n1C. The molecule has 0 spiro atoms. The van der Waals surface area contributed by atoms with Gasteiger partial charge in [0.15, 0.2) is 16.1 Å². The van der Waals surface area contributed by atoms with Crippen molar-refractivity contribution in [1.29, 1.82) is 0 Å². The van der Waals surface area contributed by atoms with Crippen molar-refractivity contribution in [1.82, 2.24) is 19.5 Å². The number of aromatic nitrogens is 4. The molecule has 106 valence electrons. The third kappa shape index (κ3) is 2.52. The molecule has 1 N–H and O–H groups in total. The van der Waals surface area contributed by atoms with Crippen LogP contribution in [0, 0.1) is 6.92 Å². The average molecular weight is 346 g/mol. The molecule has 0 unspecified atom stereocenters. The van der Waals surface area contributed by atoms with E-state index in [-0.39, 0.29) is 5.91 Å². The Kier molecular flexibility index (Phi) is 3.42. The van der Waals surface area contributed by atoms with Crippen molar-refractivity contribution >= 4 is 38.7 Å². The van der Waals surface area contributed by atoms with Gasteiger partial charge in [0.25, 0.3) is 5.91 Å². The first-order chi connectivity index (χ1) is 10.1. The highest BCUT2D eigenvalue weighted by atomic mass is 79.9. The minimum atomic E-state index is -0.295. The second kappa shape index (κ2) is 5.25. The minimum absolute atomic E-state index is 0.295. The number of carbonyl (C=O) groups excluding carboxylic acids is 1. The highest BCUT2D eigenvalue weighted by Crippen LogP contribution is 2.17. The highest BCUT2D eigenvalue weighted by Gasteiger charge is 2.17. The molecule has 6 nitrogen and oxygen atoms in total. The molecule has 0 saturated heterocycles. The monoisotopic (exact) mass is 345 g/mol. The van der Waals surface area contributed by atoms with Crippen LogP contribution in [0.5, 0.6) is 0 Å². The fourth-order valence-corrected chi connectivity index (χ4v) is 2.40. The van der Waals surface area contributed by atoms with Gasteiger partial charge in [-0.2, -0.15) is 0 Å². The van der Waals surface area contributed by atoms with Gasteiger partial charge in [-0.15, -0.1) is 0 Å². The third-order valence-electron chi connectivity index (χ3n) is 3.25.